The minimum Gasteiger partial charge on any atom is -0.495 e. The van der Waals surface area contributed by atoms with Gasteiger partial charge in [0.05, 0.1) is 30.8 Å². The van der Waals surface area contributed by atoms with Gasteiger partial charge in [-0.05, 0) is 54.3 Å². The monoisotopic (exact) mass is 554 g/mol. The number of para-hydroxylation sites is 2. The molecule has 1 saturated heterocycles. The molecule has 7 nitrogen and oxygen atoms in total. The summed E-state index contributed by atoms with van der Waals surface area (Å²) < 4.78 is 5.57. The van der Waals surface area contributed by atoms with Gasteiger partial charge in [0.2, 0.25) is 5.91 Å². The van der Waals surface area contributed by atoms with E-state index < -0.39 is 0 Å². The van der Waals surface area contributed by atoms with E-state index in [4.69, 9.17) is 4.74 Å². The Morgan fingerprint density at radius 3 is 2.27 bits per heavy atom. The fourth-order valence-electron chi connectivity index (χ4n) is 5.03. The zero-order chi connectivity index (χ0) is 27.9. The van der Waals surface area contributed by atoms with Crippen LogP contribution in [0, 0.1) is 0 Å². The molecule has 0 spiro atoms. The fraction of sp³-hybridized carbons (Fsp3) is 0.250. The molecule has 1 atom stereocenters. The molecule has 1 unspecified atom stereocenters. The fourth-order valence-corrected chi connectivity index (χ4v) is 5.73. The molecule has 0 bridgehead atoms. The van der Waals surface area contributed by atoms with Gasteiger partial charge in [-0.2, -0.15) is 0 Å². The molecule has 0 radical (unpaired) electrons. The number of piperazine rings is 1. The largest absolute Gasteiger partial charge is 0.495 e. The lowest BCUT2D eigenvalue weighted by atomic mass is 10.1. The summed E-state index contributed by atoms with van der Waals surface area (Å²) in [6.45, 7) is 5.06. The lowest BCUT2D eigenvalue weighted by molar-refractivity contribution is -0.115. The predicted molar refractivity (Wildman–Crippen MR) is 163 cm³/mol. The first-order valence-electron chi connectivity index (χ1n) is 13.5. The van der Waals surface area contributed by atoms with E-state index in [0.717, 1.165) is 53.7 Å². The number of hydrogen-bond donors (Lipinski definition) is 2. The number of benzene rings is 3. The summed E-state index contributed by atoms with van der Waals surface area (Å²) >= 11 is 1.55. The van der Waals surface area contributed by atoms with Gasteiger partial charge >= 0.3 is 0 Å². The van der Waals surface area contributed by atoms with Crippen LogP contribution in [0.1, 0.15) is 33.8 Å². The summed E-state index contributed by atoms with van der Waals surface area (Å²) in [6, 6.07) is 27.3. The number of rotatable bonds is 9. The van der Waals surface area contributed by atoms with Crippen molar-refractivity contribution in [3.63, 3.8) is 0 Å². The van der Waals surface area contributed by atoms with Gasteiger partial charge in [-0.15, -0.1) is 11.3 Å². The summed E-state index contributed by atoms with van der Waals surface area (Å²) in [5.74, 6) is 0.575. The minimum atomic E-state index is -0.173. The highest BCUT2D eigenvalue weighted by molar-refractivity contribution is 7.10. The Balaban J connectivity index is 1.36. The van der Waals surface area contributed by atoms with Crippen molar-refractivity contribution in [3.05, 3.63) is 106 Å². The summed E-state index contributed by atoms with van der Waals surface area (Å²) in [4.78, 5) is 31.9. The molecule has 4 aromatic rings. The molecule has 0 saturated carbocycles. The zero-order valence-corrected chi connectivity index (χ0v) is 23.6. The van der Waals surface area contributed by atoms with E-state index >= 15 is 0 Å². The van der Waals surface area contributed by atoms with Crippen LogP contribution in [0.2, 0.25) is 0 Å². The molecule has 40 heavy (non-hydrogen) atoms. The number of carbonyl (C=O) groups is 2. The normalized spacial score (nSPS) is 13.9. The van der Waals surface area contributed by atoms with Crippen LogP contribution in [-0.2, 0) is 11.2 Å². The van der Waals surface area contributed by atoms with Gasteiger partial charge < -0.3 is 25.2 Å². The maximum atomic E-state index is 13.7. The predicted octanol–water partition coefficient (Wildman–Crippen LogP) is 5.76. The standard InChI is InChI=1S/C32H34N4O3S/c1-23(24-9-4-3-5-10-24)33-32(38)27-21-25(34-31(37)22-26-11-8-20-40-26)14-15-28(27)35-16-18-36(19-17-35)29-12-6-7-13-30(29)39-2/h3-15,20-21,23H,16-19,22H2,1-2H3,(H,33,38)(H,34,37). The Kier molecular flexibility index (Phi) is 8.66. The molecule has 5 rings (SSSR count). The third-order valence-electron chi connectivity index (χ3n) is 7.13. The highest BCUT2D eigenvalue weighted by atomic mass is 32.1. The average Bonchev–Trinajstić information content (AvgIpc) is 3.50. The van der Waals surface area contributed by atoms with Crippen LogP contribution in [0.4, 0.5) is 17.1 Å². The Labute approximate surface area is 239 Å². The number of nitrogens with one attached hydrogen (secondary N) is 2. The van der Waals surface area contributed by atoms with Crippen molar-refractivity contribution in [2.45, 2.75) is 19.4 Å². The van der Waals surface area contributed by atoms with Crippen LogP contribution in [0.3, 0.4) is 0 Å². The van der Waals surface area contributed by atoms with Gasteiger partial charge in [0.25, 0.3) is 5.91 Å². The Morgan fingerprint density at radius 2 is 1.57 bits per heavy atom. The van der Waals surface area contributed by atoms with Gasteiger partial charge in [-0.1, -0.05) is 48.5 Å². The van der Waals surface area contributed by atoms with Gasteiger partial charge in [0.1, 0.15) is 5.75 Å². The number of ether oxygens (including phenoxy) is 1. The Bertz CT molecular complexity index is 1430. The molecule has 8 heteroatoms. The van der Waals surface area contributed by atoms with Crippen molar-refractivity contribution in [1.29, 1.82) is 0 Å². The molecule has 1 aliphatic rings. The SMILES string of the molecule is COc1ccccc1N1CCN(c2ccc(NC(=O)Cc3cccs3)cc2C(=O)NC(C)c2ccccc2)CC1. The van der Waals surface area contributed by atoms with Crippen molar-refractivity contribution in [3.8, 4) is 5.75 Å². The number of thiophene rings is 1. The van der Waals surface area contributed by atoms with Crippen molar-refractivity contribution < 1.29 is 14.3 Å². The first-order chi connectivity index (χ1) is 19.5. The highest BCUT2D eigenvalue weighted by Gasteiger charge is 2.24. The number of methoxy groups -OCH3 is 1. The van der Waals surface area contributed by atoms with E-state index in [2.05, 4.69) is 26.5 Å². The van der Waals surface area contributed by atoms with Crippen LogP contribution in [0.25, 0.3) is 0 Å². The quantitative estimate of drug-likeness (QED) is 0.275. The Hall–Kier alpha value is -4.30. The molecular weight excluding hydrogens is 520 g/mol. The van der Waals surface area contributed by atoms with Gasteiger partial charge in [0, 0.05) is 42.4 Å². The average molecular weight is 555 g/mol. The molecule has 1 fully saturated rings. The summed E-state index contributed by atoms with van der Waals surface area (Å²) in [5, 5.41) is 8.09. The first-order valence-corrected chi connectivity index (χ1v) is 14.3. The third kappa shape index (κ3) is 6.46. The number of nitrogens with zero attached hydrogens (tertiary/aromatic N) is 2. The van der Waals surface area contributed by atoms with E-state index in [-0.39, 0.29) is 17.9 Å². The maximum absolute atomic E-state index is 13.7. The van der Waals surface area contributed by atoms with Gasteiger partial charge in [-0.3, -0.25) is 9.59 Å². The van der Waals surface area contributed by atoms with Crippen LogP contribution in [-0.4, -0.2) is 45.1 Å². The van der Waals surface area contributed by atoms with Crippen LogP contribution < -0.4 is 25.2 Å². The molecule has 2 amide bonds. The summed E-state index contributed by atoms with van der Waals surface area (Å²) in [6.07, 6.45) is 0.302. The number of anilines is 3. The molecule has 1 aliphatic heterocycles. The van der Waals surface area contributed by atoms with E-state index in [9.17, 15) is 9.59 Å². The molecule has 0 aliphatic carbocycles. The van der Waals surface area contributed by atoms with E-state index in [1.54, 1.807) is 24.5 Å². The lowest BCUT2D eigenvalue weighted by Gasteiger charge is -2.38. The zero-order valence-electron chi connectivity index (χ0n) is 22.8. The molecule has 2 heterocycles. The second-order valence-corrected chi connectivity index (χ2v) is 10.8. The van der Waals surface area contributed by atoms with Gasteiger partial charge in [-0.25, -0.2) is 0 Å². The van der Waals surface area contributed by atoms with Gasteiger partial charge in [0.15, 0.2) is 0 Å². The topological polar surface area (TPSA) is 73.9 Å². The lowest BCUT2D eigenvalue weighted by Crippen LogP contribution is -2.47. The summed E-state index contributed by atoms with van der Waals surface area (Å²) in [5.41, 5.74) is 4.11. The second kappa shape index (κ2) is 12.7. The molecular formula is C32H34N4O3S. The minimum absolute atomic E-state index is 0.107. The third-order valence-corrected chi connectivity index (χ3v) is 8.01. The van der Waals surface area contributed by atoms with Crippen molar-refractivity contribution >= 4 is 40.2 Å². The highest BCUT2D eigenvalue weighted by Crippen LogP contribution is 2.31. The Morgan fingerprint density at radius 1 is 0.875 bits per heavy atom. The number of carbonyl (C=O) groups excluding carboxylic acids is 2. The molecule has 2 N–H and O–H groups in total. The van der Waals surface area contributed by atoms with E-state index in [1.165, 1.54) is 0 Å². The molecule has 206 valence electrons. The number of amides is 2. The molecule has 1 aromatic heterocycles. The molecule has 3 aromatic carbocycles. The van der Waals surface area contributed by atoms with E-state index in [0.29, 0.717) is 17.7 Å². The smallest absolute Gasteiger partial charge is 0.253 e. The van der Waals surface area contributed by atoms with E-state index in [1.807, 2.05) is 85.1 Å². The van der Waals surface area contributed by atoms with Crippen LogP contribution >= 0.6 is 11.3 Å². The first kappa shape index (κ1) is 27.3. The van der Waals surface area contributed by atoms with Crippen molar-refractivity contribution in [1.82, 2.24) is 5.32 Å². The maximum Gasteiger partial charge on any atom is 0.253 e. The summed E-state index contributed by atoms with van der Waals surface area (Å²) in [7, 11) is 1.69. The van der Waals surface area contributed by atoms with Crippen molar-refractivity contribution in [2.24, 2.45) is 0 Å². The van der Waals surface area contributed by atoms with Crippen LogP contribution in [0.15, 0.2) is 90.3 Å². The van der Waals surface area contributed by atoms with Crippen LogP contribution in [0.5, 0.6) is 5.75 Å². The van der Waals surface area contributed by atoms with Crippen molar-refractivity contribution in [2.75, 3.05) is 48.4 Å². The second-order valence-electron chi connectivity index (χ2n) is 9.79. The number of hydrogen-bond acceptors (Lipinski definition) is 6.